The van der Waals surface area contributed by atoms with Gasteiger partial charge in [0.15, 0.2) is 5.82 Å². The van der Waals surface area contributed by atoms with Crippen LogP contribution in [0.25, 0.3) is 5.69 Å². The molecule has 0 aliphatic carbocycles. The number of aryl methyl sites for hydroxylation is 2. The summed E-state index contributed by atoms with van der Waals surface area (Å²) < 4.78 is 1.72. The molecule has 0 aliphatic heterocycles. The van der Waals surface area contributed by atoms with Crippen molar-refractivity contribution in [2.75, 3.05) is 0 Å². The van der Waals surface area contributed by atoms with Crippen molar-refractivity contribution >= 4 is 0 Å². The number of phenols is 1. The number of rotatable bonds is 3. The zero-order chi connectivity index (χ0) is 11.5. The van der Waals surface area contributed by atoms with Crippen molar-refractivity contribution in [2.45, 2.75) is 26.7 Å². The van der Waals surface area contributed by atoms with E-state index in [1.54, 1.807) is 16.8 Å². The molecule has 0 unspecified atom stereocenters. The quantitative estimate of drug-likeness (QED) is 0.856. The van der Waals surface area contributed by atoms with E-state index in [9.17, 15) is 5.11 Å². The Kier molecular flexibility index (Phi) is 2.90. The number of hydrogen-bond donors (Lipinski definition) is 1. The molecular formula is C12H15N3O. The maximum absolute atomic E-state index is 9.78. The molecule has 2 rings (SSSR count). The van der Waals surface area contributed by atoms with Gasteiger partial charge in [-0.15, -0.1) is 0 Å². The largest absolute Gasteiger partial charge is 0.506 e. The molecule has 0 fully saturated rings. The van der Waals surface area contributed by atoms with Crippen LogP contribution in [0.15, 0.2) is 24.3 Å². The normalized spacial score (nSPS) is 10.6. The minimum Gasteiger partial charge on any atom is -0.506 e. The fourth-order valence-corrected chi connectivity index (χ4v) is 1.61. The van der Waals surface area contributed by atoms with E-state index in [-0.39, 0.29) is 5.75 Å². The SMILES string of the molecule is CCc1nc(CC)n(-c2ccccc2O)n1. The fourth-order valence-electron chi connectivity index (χ4n) is 1.61. The lowest BCUT2D eigenvalue weighted by Crippen LogP contribution is -2.02. The van der Waals surface area contributed by atoms with Crippen LogP contribution in [-0.4, -0.2) is 19.9 Å². The van der Waals surface area contributed by atoms with E-state index in [0.29, 0.717) is 5.69 Å². The zero-order valence-corrected chi connectivity index (χ0v) is 9.51. The Labute approximate surface area is 94.6 Å². The molecule has 0 spiro atoms. The third-order valence-electron chi connectivity index (χ3n) is 2.46. The van der Waals surface area contributed by atoms with E-state index < -0.39 is 0 Å². The Hall–Kier alpha value is -1.84. The molecule has 0 radical (unpaired) electrons. The highest BCUT2D eigenvalue weighted by molar-refractivity contribution is 5.45. The summed E-state index contributed by atoms with van der Waals surface area (Å²) in [4.78, 5) is 4.41. The van der Waals surface area contributed by atoms with Crippen LogP contribution in [0.4, 0.5) is 0 Å². The van der Waals surface area contributed by atoms with Crippen LogP contribution in [0.2, 0.25) is 0 Å². The molecule has 0 amide bonds. The first-order chi connectivity index (χ1) is 7.76. The molecule has 16 heavy (non-hydrogen) atoms. The van der Waals surface area contributed by atoms with Crippen molar-refractivity contribution in [2.24, 2.45) is 0 Å². The van der Waals surface area contributed by atoms with E-state index >= 15 is 0 Å². The molecule has 1 aromatic carbocycles. The van der Waals surface area contributed by atoms with Crippen molar-refractivity contribution < 1.29 is 5.11 Å². The van der Waals surface area contributed by atoms with Gasteiger partial charge >= 0.3 is 0 Å². The summed E-state index contributed by atoms with van der Waals surface area (Å²) in [5.41, 5.74) is 0.687. The second-order valence-electron chi connectivity index (χ2n) is 3.55. The highest BCUT2D eigenvalue weighted by atomic mass is 16.3. The number of benzene rings is 1. The van der Waals surface area contributed by atoms with Gasteiger partial charge in [-0.2, -0.15) is 5.10 Å². The molecular weight excluding hydrogens is 202 g/mol. The van der Waals surface area contributed by atoms with E-state index in [4.69, 9.17) is 0 Å². The third kappa shape index (κ3) is 1.78. The van der Waals surface area contributed by atoms with Crippen molar-refractivity contribution in [1.29, 1.82) is 0 Å². The number of phenolic OH excluding ortho intramolecular Hbond substituents is 1. The van der Waals surface area contributed by atoms with Crippen LogP contribution in [0.1, 0.15) is 25.5 Å². The Balaban J connectivity index is 2.54. The first-order valence-corrected chi connectivity index (χ1v) is 5.49. The van der Waals surface area contributed by atoms with E-state index in [1.807, 2.05) is 26.0 Å². The lowest BCUT2D eigenvalue weighted by atomic mass is 10.3. The van der Waals surface area contributed by atoms with Crippen LogP contribution in [0.5, 0.6) is 5.75 Å². The molecule has 4 heteroatoms. The summed E-state index contributed by atoms with van der Waals surface area (Å²) >= 11 is 0. The van der Waals surface area contributed by atoms with E-state index in [0.717, 1.165) is 24.5 Å². The minimum absolute atomic E-state index is 0.227. The molecule has 84 valence electrons. The van der Waals surface area contributed by atoms with Crippen molar-refractivity contribution in [3.05, 3.63) is 35.9 Å². The number of hydrogen-bond acceptors (Lipinski definition) is 3. The van der Waals surface area contributed by atoms with Crippen LogP contribution in [0, 0.1) is 0 Å². The van der Waals surface area contributed by atoms with E-state index in [1.165, 1.54) is 0 Å². The summed E-state index contributed by atoms with van der Waals surface area (Å²) in [6.07, 6.45) is 1.59. The summed E-state index contributed by atoms with van der Waals surface area (Å²) in [6.45, 7) is 4.05. The number of aromatic hydroxyl groups is 1. The number of nitrogens with zero attached hydrogens (tertiary/aromatic N) is 3. The number of para-hydroxylation sites is 2. The highest BCUT2D eigenvalue weighted by Gasteiger charge is 2.11. The predicted molar refractivity (Wildman–Crippen MR) is 61.8 cm³/mol. The van der Waals surface area contributed by atoms with Crippen LogP contribution < -0.4 is 0 Å². The molecule has 1 aromatic heterocycles. The summed E-state index contributed by atoms with van der Waals surface area (Å²) in [6, 6.07) is 7.16. The Bertz CT molecular complexity index is 491. The maximum Gasteiger partial charge on any atom is 0.151 e. The molecule has 0 atom stereocenters. The third-order valence-corrected chi connectivity index (χ3v) is 2.46. The Morgan fingerprint density at radius 1 is 1.19 bits per heavy atom. The molecule has 1 N–H and O–H groups in total. The molecule has 0 saturated carbocycles. The van der Waals surface area contributed by atoms with Crippen LogP contribution in [-0.2, 0) is 12.8 Å². The summed E-state index contributed by atoms with van der Waals surface area (Å²) in [5, 5.41) is 14.2. The van der Waals surface area contributed by atoms with Crippen molar-refractivity contribution in [3.8, 4) is 11.4 Å². The zero-order valence-electron chi connectivity index (χ0n) is 9.51. The Morgan fingerprint density at radius 3 is 2.56 bits per heavy atom. The summed E-state index contributed by atoms with van der Waals surface area (Å²) in [7, 11) is 0. The highest BCUT2D eigenvalue weighted by Crippen LogP contribution is 2.21. The van der Waals surface area contributed by atoms with Gasteiger partial charge in [0.2, 0.25) is 0 Å². The number of aromatic nitrogens is 3. The van der Waals surface area contributed by atoms with Crippen molar-refractivity contribution in [1.82, 2.24) is 14.8 Å². The van der Waals surface area contributed by atoms with Gasteiger partial charge in [-0.1, -0.05) is 26.0 Å². The van der Waals surface area contributed by atoms with Gasteiger partial charge in [0.1, 0.15) is 17.3 Å². The average Bonchev–Trinajstić information content (AvgIpc) is 2.72. The topological polar surface area (TPSA) is 50.9 Å². The van der Waals surface area contributed by atoms with Crippen molar-refractivity contribution in [3.63, 3.8) is 0 Å². The lowest BCUT2D eigenvalue weighted by molar-refractivity contribution is 0.469. The van der Waals surface area contributed by atoms with Gasteiger partial charge in [0, 0.05) is 12.8 Å². The maximum atomic E-state index is 9.78. The smallest absolute Gasteiger partial charge is 0.151 e. The standard InChI is InChI=1S/C12H15N3O/c1-3-11-13-12(4-2)15(14-11)9-7-5-6-8-10(9)16/h5-8,16H,3-4H2,1-2H3. The van der Waals surface area contributed by atoms with Crippen LogP contribution in [0.3, 0.4) is 0 Å². The van der Waals surface area contributed by atoms with Gasteiger partial charge in [0.25, 0.3) is 0 Å². The van der Waals surface area contributed by atoms with Gasteiger partial charge in [-0.3, -0.25) is 0 Å². The van der Waals surface area contributed by atoms with E-state index in [2.05, 4.69) is 10.1 Å². The lowest BCUT2D eigenvalue weighted by Gasteiger charge is -2.05. The second-order valence-corrected chi connectivity index (χ2v) is 3.55. The molecule has 0 aliphatic rings. The van der Waals surface area contributed by atoms with Gasteiger partial charge in [-0.05, 0) is 12.1 Å². The van der Waals surface area contributed by atoms with Gasteiger partial charge in [-0.25, -0.2) is 9.67 Å². The monoisotopic (exact) mass is 217 g/mol. The van der Waals surface area contributed by atoms with Gasteiger partial charge in [0.05, 0.1) is 0 Å². The van der Waals surface area contributed by atoms with Crippen LogP contribution >= 0.6 is 0 Å². The average molecular weight is 217 g/mol. The molecule has 0 saturated heterocycles. The predicted octanol–water partition coefficient (Wildman–Crippen LogP) is 2.10. The summed E-state index contributed by atoms with van der Waals surface area (Å²) in [5.74, 6) is 1.91. The molecule has 2 aromatic rings. The fraction of sp³-hybridized carbons (Fsp3) is 0.333. The molecule has 4 nitrogen and oxygen atoms in total. The first-order valence-electron chi connectivity index (χ1n) is 5.49. The molecule has 0 bridgehead atoms. The van der Waals surface area contributed by atoms with Gasteiger partial charge < -0.3 is 5.11 Å². The molecule has 1 heterocycles. The first kappa shape index (κ1) is 10.7. The Morgan fingerprint density at radius 2 is 1.94 bits per heavy atom. The second kappa shape index (κ2) is 4.35. The minimum atomic E-state index is 0.227.